The van der Waals surface area contributed by atoms with Crippen LogP contribution in [0.5, 0.6) is 0 Å². The molecule has 0 saturated carbocycles. The fraction of sp³-hybridized carbons (Fsp3) is 0.190. The summed E-state index contributed by atoms with van der Waals surface area (Å²) in [5.74, 6) is -3.14. The second-order valence-electron chi connectivity index (χ2n) is 6.78. The summed E-state index contributed by atoms with van der Waals surface area (Å²) in [6.07, 6.45) is 1.24. The predicted octanol–water partition coefficient (Wildman–Crippen LogP) is 3.03. The molecule has 3 rings (SSSR count). The number of halogens is 1. The molecule has 144 valence electrons. The number of carboxylic acid groups (broad SMARTS) is 1. The first-order valence-corrected chi connectivity index (χ1v) is 8.62. The summed E-state index contributed by atoms with van der Waals surface area (Å²) >= 11 is 0. The number of aryl methyl sites for hydroxylation is 2. The van der Waals surface area contributed by atoms with E-state index in [1.165, 1.54) is 35.4 Å². The van der Waals surface area contributed by atoms with Gasteiger partial charge in [0, 0.05) is 24.1 Å². The molecule has 1 aliphatic heterocycles. The molecule has 0 fully saturated rings. The molecule has 0 bridgehead atoms. The van der Waals surface area contributed by atoms with Gasteiger partial charge in [-0.05, 0) is 54.8 Å². The summed E-state index contributed by atoms with van der Waals surface area (Å²) in [6, 6.07) is 8.58. The summed E-state index contributed by atoms with van der Waals surface area (Å²) in [6.45, 7) is 3.45. The van der Waals surface area contributed by atoms with E-state index in [9.17, 15) is 23.9 Å². The van der Waals surface area contributed by atoms with E-state index in [-0.39, 0.29) is 17.9 Å². The van der Waals surface area contributed by atoms with Gasteiger partial charge in [-0.1, -0.05) is 12.1 Å². The van der Waals surface area contributed by atoms with Crippen LogP contribution >= 0.6 is 0 Å². The van der Waals surface area contributed by atoms with Crippen LogP contribution in [0.1, 0.15) is 39.4 Å². The Morgan fingerprint density at radius 2 is 1.71 bits per heavy atom. The average Bonchev–Trinajstić information content (AvgIpc) is 2.62. The van der Waals surface area contributed by atoms with E-state index in [1.807, 2.05) is 0 Å². The maximum absolute atomic E-state index is 13.2. The summed E-state index contributed by atoms with van der Waals surface area (Å²) in [4.78, 5) is 37.5. The van der Waals surface area contributed by atoms with E-state index in [0.717, 1.165) is 0 Å². The van der Waals surface area contributed by atoms with E-state index in [2.05, 4.69) is 0 Å². The van der Waals surface area contributed by atoms with Crippen LogP contribution in [0.4, 0.5) is 10.1 Å². The van der Waals surface area contributed by atoms with Crippen LogP contribution in [0.15, 0.2) is 48.2 Å². The Balaban J connectivity index is 2.09. The molecule has 0 aliphatic carbocycles. The van der Waals surface area contributed by atoms with Crippen molar-refractivity contribution in [3.63, 3.8) is 0 Å². The zero-order valence-corrected chi connectivity index (χ0v) is 15.4. The summed E-state index contributed by atoms with van der Waals surface area (Å²) in [5, 5.41) is 9.69. The molecular weight excluding hydrogens is 363 g/mol. The molecule has 6 nitrogen and oxygen atoms in total. The fourth-order valence-electron chi connectivity index (χ4n) is 3.55. The van der Waals surface area contributed by atoms with Crippen molar-refractivity contribution in [3.8, 4) is 0 Å². The molecular formula is C21H19FN2O4. The van der Waals surface area contributed by atoms with E-state index in [0.29, 0.717) is 27.9 Å². The van der Waals surface area contributed by atoms with Crippen molar-refractivity contribution in [3.05, 3.63) is 76.2 Å². The maximum Gasteiger partial charge on any atom is 0.333 e. The monoisotopic (exact) mass is 382 g/mol. The molecule has 28 heavy (non-hydrogen) atoms. The smallest absolute Gasteiger partial charge is 0.333 e. The van der Waals surface area contributed by atoms with Crippen molar-refractivity contribution >= 4 is 23.5 Å². The zero-order valence-electron chi connectivity index (χ0n) is 15.4. The number of primary amides is 1. The number of nitrogens with zero attached hydrogens (tertiary/aromatic N) is 1. The molecule has 0 spiro atoms. The van der Waals surface area contributed by atoms with Gasteiger partial charge in [-0.15, -0.1) is 0 Å². The van der Waals surface area contributed by atoms with E-state index in [1.54, 1.807) is 26.0 Å². The van der Waals surface area contributed by atoms with Gasteiger partial charge in [0.25, 0.3) is 0 Å². The van der Waals surface area contributed by atoms with Crippen LogP contribution < -0.4 is 10.6 Å². The molecule has 2 aromatic carbocycles. The minimum atomic E-state index is -1.16. The third-order valence-corrected chi connectivity index (χ3v) is 4.83. The van der Waals surface area contributed by atoms with Crippen molar-refractivity contribution in [2.75, 3.05) is 4.90 Å². The second kappa shape index (κ2) is 7.26. The number of carbonyl (C=O) groups excluding carboxylic acids is 2. The molecule has 0 saturated heterocycles. The predicted molar refractivity (Wildman–Crippen MR) is 101 cm³/mol. The highest BCUT2D eigenvalue weighted by Crippen LogP contribution is 2.37. The number of hydrogen-bond acceptors (Lipinski definition) is 3. The second-order valence-corrected chi connectivity index (χ2v) is 6.78. The molecule has 2 amide bonds. The Labute approximate surface area is 161 Å². The van der Waals surface area contributed by atoms with Crippen molar-refractivity contribution in [2.45, 2.75) is 26.2 Å². The summed E-state index contributed by atoms with van der Waals surface area (Å²) in [7, 11) is 0. The van der Waals surface area contributed by atoms with Gasteiger partial charge < -0.3 is 10.8 Å². The number of carboxylic acids is 1. The molecule has 3 N–H and O–H groups in total. The van der Waals surface area contributed by atoms with Crippen LogP contribution in [-0.4, -0.2) is 22.9 Å². The molecule has 1 atom stereocenters. The van der Waals surface area contributed by atoms with Gasteiger partial charge >= 0.3 is 5.97 Å². The molecule has 1 aliphatic rings. The average molecular weight is 382 g/mol. The Kier molecular flexibility index (Phi) is 5.00. The summed E-state index contributed by atoms with van der Waals surface area (Å²) < 4.78 is 13.2. The van der Waals surface area contributed by atoms with E-state index >= 15 is 0 Å². The standard InChI is InChI=1S/C21H19FN2O4/c1-11-7-14(20(23)26)8-12(2)19(11)24-10-17(21(27)28)16(9-18(24)25)13-3-5-15(22)6-4-13/h3-8,10,16H,9H2,1-2H3,(H2,23,26)(H,27,28). The number of hydrogen-bond donors (Lipinski definition) is 2. The van der Waals surface area contributed by atoms with Gasteiger partial charge in [0.1, 0.15) is 5.82 Å². The third kappa shape index (κ3) is 3.51. The molecule has 7 heteroatoms. The van der Waals surface area contributed by atoms with Crippen LogP contribution in [0.25, 0.3) is 0 Å². The minimum absolute atomic E-state index is 0.0315. The topological polar surface area (TPSA) is 101 Å². The lowest BCUT2D eigenvalue weighted by Gasteiger charge is -2.31. The number of anilines is 1. The first-order chi connectivity index (χ1) is 13.2. The summed E-state index contributed by atoms with van der Waals surface area (Å²) in [5.41, 5.74) is 8.00. The lowest BCUT2D eigenvalue weighted by Crippen LogP contribution is -2.35. The number of nitrogens with two attached hydrogens (primary N) is 1. The van der Waals surface area contributed by atoms with E-state index in [4.69, 9.17) is 5.73 Å². The van der Waals surface area contributed by atoms with Crippen LogP contribution in [0.3, 0.4) is 0 Å². The normalized spacial score (nSPS) is 16.7. The first-order valence-electron chi connectivity index (χ1n) is 8.62. The Morgan fingerprint density at radius 1 is 1.14 bits per heavy atom. The van der Waals surface area contributed by atoms with Gasteiger partial charge in [-0.3, -0.25) is 14.5 Å². The Morgan fingerprint density at radius 3 is 2.21 bits per heavy atom. The van der Waals surface area contributed by atoms with Gasteiger partial charge in [0.05, 0.1) is 11.3 Å². The zero-order chi connectivity index (χ0) is 20.6. The maximum atomic E-state index is 13.2. The highest BCUT2D eigenvalue weighted by molar-refractivity contribution is 6.04. The molecule has 0 aromatic heterocycles. The van der Waals surface area contributed by atoms with Gasteiger partial charge in [-0.25, -0.2) is 9.18 Å². The van der Waals surface area contributed by atoms with Crippen molar-refractivity contribution < 1.29 is 23.9 Å². The lowest BCUT2D eigenvalue weighted by atomic mass is 9.85. The van der Waals surface area contributed by atoms with Gasteiger partial charge in [0.15, 0.2) is 0 Å². The van der Waals surface area contributed by atoms with Crippen molar-refractivity contribution in [2.24, 2.45) is 5.73 Å². The SMILES string of the molecule is Cc1cc(C(N)=O)cc(C)c1N1C=C(C(=O)O)C(c2ccc(F)cc2)CC1=O. The number of amides is 2. The molecule has 1 heterocycles. The lowest BCUT2D eigenvalue weighted by molar-refractivity contribution is -0.133. The fourth-order valence-corrected chi connectivity index (χ4v) is 3.55. The highest BCUT2D eigenvalue weighted by atomic mass is 19.1. The van der Waals surface area contributed by atoms with Crippen LogP contribution in [-0.2, 0) is 9.59 Å². The van der Waals surface area contributed by atoms with Gasteiger partial charge in [0.2, 0.25) is 11.8 Å². The Bertz CT molecular complexity index is 989. The number of aliphatic carboxylic acids is 1. The molecule has 1 unspecified atom stereocenters. The van der Waals surface area contributed by atoms with Crippen molar-refractivity contribution in [1.29, 1.82) is 0 Å². The highest BCUT2D eigenvalue weighted by Gasteiger charge is 2.34. The third-order valence-electron chi connectivity index (χ3n) is 4.83. The van der Waals surface area contributed by atoms with Crippen molar-refractivity contribution in [1.82, 2.24) is 0 Å². The first kappa shape index (κ1) is 19.3. The van der Waals surface area contributed by atoms with Crippen LogP contribution in [0, 0.1) is 19.7 Å². The van der Waals surface area contributed by atoms with Gasteiger partial charge in [-0.2, -0.15) is 0 Å². The number of benzene rings is 2. The van der Waals surface area contributed by atoms with E-state index < -0.39 is 23.6 Å². The molecule has 0 radical (unpaired) electrons. The quantitative estimate of drug-likeness (QED) is 0.849. The number of carbonyl (C=O) groups is 3. The minimum Gasteiger partial charge on any atom is -0.478 e. The van der Waals surface area contributed by atoms with Crippen LogP contribution in [0.2, 0.25) is 0 Å². The Hall–Kier alpha value is -3.48. The number of rotatable bonds is 4. The molecule has 2 aromatic rings. The largest absolute Gasteiger partial charge is 0.478 e.